The summed E-state index contributed by atoms with van der Waals surface area (Å²) in [5.41, 5.74) is 2.25. The zero-order chi connectivity index (χ0) is 16.1. The van der Waals surface area contributed by atoms with Crippen molar-refractivity contribution in [1.29, 1.82) is 0 Å². The molecule has 0 radical (unpaired) electrons. The van der Waals surface area contributed by atoms with Crippen molar-refractivity contribution >= 4 is 23.1 Å². The number of nitrogens with zero attached hydrogens (tertiary/aromatic N) is 4. The van der Waals surface area contributed by atoms with Crippen molar-refractivity contribution in [1.82, 2.24) is 15.2 Å². The number of rotatable bonds is 6. The number of nitrogens with one attached hydrogen (secondary N) is 2. The molecule has 2 aromatic rings. The van der Waals surface area contributed by atoms with Gasteiger partial charge in [0.05, 0.1) is 6.20 Å². The van der Waals surface area contributed by atoms with Crippen molar-refractivity contribution in [3.63, 3.8) is 0 Å². The third-order valence-electron chi connectivity index (χ3n) is 4.16. The fraction of sp³-hybridized carbons (Fsp3) is 0.471. The van der Waals surface area contributed by atoms with Gasteiger partial charge >= 0.3 is 0 Å². The molecular formula is C17H24N6. The molecular weight excluding hydrogens is 288 g/mol. The second-order valence-corrected chi connectivity index (χ2v) is 5.98. The Labute approximate surface area is 137 Å². The molecule has 2 N–H and O–H groups in total. The molecule has 0 amide bonds. The molecule has 0 saturated carbocycles. The lowest BCUT2D eigenvalue weighted by atomic mass is 10.2. The van der Waals surface area contributed by atoms with Gasteiger partial charge in [0, 0.05) is 30.5 Å². The minimum absolute atomic E-state index is 0.360. The summed E-state index contributed by atoms with van der Waals surface area (Å²) in [6.45, 7) is 6.56. The summed E-state index contributed by atoms with van der Waals surface area (Å²) in [6, 6.07) is 8.77. The summed E-state index contributed by atoms with van der Waals surface area (Å²) >= 11 is 0. The van der Waals surface area contributed by atoms with Crippen LogP contribution in [0.5, 0.6) is 0 Å². The SMILES string of the molecule is CCC(C)Nc1cnnc(Nc2ccc(N3CCCC3)cc2)n1. The van der Waals surface area contributed by atoms with Crippen molar-refractivity contribution in [2.45, 2.75) is 39.2 Å². The maximum absolute atomic E-state index is 4.45. The molecule has 1 aromatic carbocycles. The first-order valence-corrected chi connectivity index (χ1v) is 8.33. The van der Waals surface area contributed by atoms with Gasteiger partial charge in [-0.15, -0.1) is 5.10 Å². The molecule has 1 aliphatic heterocycles. The Morgan fingerprint density at radius 2 is 1.91 bits per heavy atom. The van der Waals surface area contributed by atoms with Crippen LogP contribution in [0, 0.1) is 0 Å². The Morgan fingerprint density at radius 3 is 2.61 bits per heavy atom. The fourth-order valence-corrected chi connectivity index (χ4v) is 2.64. The van der Waals surface area contributed by atoms with E-state index in [0.29, 0.717) is 12.0 Å². The van der Waals surface area contributed by atoms with E-state index in [9.17, 15) is 0 Å². The van der Waals surface area contributed by atoms with Crippen LogP contribution in [0.3, 0.4) is 0 Å². The summed E-state index contributed by atoms with van der Waals surface area (Å²) in [7, 11) is 0. The number of aromatic nitrogens is 3. The van der Waals surface area contributed by atoms with E-state index in [0.717, 1.165) is 31.0 Å². The summed E-state index contributed by atoms with van der Waals surface area (Å²) in [4.78, 5) is 6.86. The predicted octanol–water partition coefficient (Wildman–Crippen LogP) is 3.43. The molecule has 6 heteroatoms. The topological polar surface area (TPSA) is 66.0 Å². The molecule has 3 rings (SSSR count). The van der Waals surface area contributed by atoms with Gasteiger partial charge < -0.3 is 15.5 Å². The first-order valence-electron chi connectivity index (χ1n) is 8.33. The third kappa shape index (κ3) is 4.09. The van der Waals surface area contributed by atoms with Crippen LogP contribution in [0.15, 0.2) is 30.5 Å². The second kappa shape index (κ2) is 7.26. The van der Waals surface area contributed by atoms with E-state index in [1.165, 1.54) is 18.5 Å². The summed E-state index contributed by atoms with van der Waals surface area (Å²) in [6.07, 6.45) is 5.25. The largest absolute Gasteiger partial charge is 0.372 e. The van der Waals surface area contributed by atoms with Gasteiger partial charge in [-0.2, -0.15) is 10.1 Å². The Hall–Kier alpha value is -2.37. The highest BCUT2D eigenvalue weighted by atomic mass is 15.3. The van der Waals surface area contributed by atoms with Crippen molar-refractivity contribution in [2.24, 2.45) is 0 Å². The first kappa shape index (κ1) is 15.5. The Morgan fingerprint density at radius 1 is 1.17 bits per heavy atom. The van der Waals surface area contributed by atoms with Crippen molar-refractivity contribution in [3.8, 4) is 0 Å². The average molecular weight is 312 g/mol. The van der Waals surface area contributed by atoms with Gasteiger partial charge in [-0.05, 0) is 50.5 Å². The quantitative estimate of drug-likeness (QED) is 0.852. The van der Waals surface area contributed by atoms with E-state index in [1.807, 2.05) is 0 Å². The van der Waals surface area contributed by atoms with Crippen LogP contribution in [-0.4, -0.2) is 34.3 Å². The van der Waals surface area contributed by atoms with Crippen LogP contribution in [-0.2, 0) is 0 Å². The Bertz CT molecular complexity index is 621. The molecule has 1 unspecified atom stereocenters. The maximum atomic E-state index is 4.45. The molecule has 1 fully saturated rings. The van der Waals surface area contributed by atoms with Crippen molar-refractivity contribution in [3.05, 3.63) is 30.5 Å². The van der Waals surface area contributed by atoms with E-state index < -0.39 is 0 Å². The molecule has 122 valence electrons. The average Bonchev–Trinajstić information content (AvgIpc) is 3.10. The molecule has 1 aromatic heterocycles. The number of anilines is 4. The zero-order valence-electron chi connectivity index (χ0n) is 13.8. The summed E-state index contributed by atoms with van der Waals surface area (Å²) < 4.78 is 0. The predicted molar refractivity (Wildman–Crippen MR) is 94.4 cm³/mol. The Balaban J connectivity index is 1.65. The van der Waals surface area contributed by atoms with E-state index in [1.54, 1.807) is 6.20 Å². The third-order valence-corrected chi connectivity index (χ3v) is 4.16. The lowest BCUT2D eigenvalue weighted by molar-refractivity contribution is 0.755. The van der Waals surface area contributed by atoms with Crippen LogP contribution >= 0.6 is 0 Å². The van der Waals surface area contributed by atoms with E-state index in [4.69, 9.17) is 0 Å². The number of benzene rings is 1. The van der Waals surface area contributed by atoms with E-state index in [-0.39, 0.29) is 0 Å². The van der Waals surface area contributed by atoms with Gasteiger partial charge in [-0.25, -0.2) is 0 Å². The smallest absolute Gasteiger partial charge is 0.249 e. The second-order valence-electron chi connectivity index (χ2n) is 5.98. The molecule has 1 atom stereocenters. The number of hydrogen-bond acceptors (Lipinski definition) is 6. The standard InChI is InChI=1S/C17H24N6/c1-3-13(2)19-16-12-18-22-17(21-16)20-14-6-8-15(9-7-14)23-10-4-5-11-23/h6-9,12-13H,3-5,10-11H2,1-2H3,(H2,19,20,21,22). The number of hydrogen-bond donors (Lipinski definition) is 2. The van der Waals surface area contributed by atoms with Crippen molar-refractivity contribution < 1.29 is 0 Å². The molecule has 1 saturated heterocycles. The van der Waals surface area contributed by atoms with E-state index >= 15 is 0 Å². The highest BCUT2D eigenvalue weighted by Gasteiger charge is 2.12. The van der Waals surface area contributed by atoms with Crippen LogP contribution in [0.2, 0.25) is 0 Å². The highest BCUT2D eigenvalue weighted by molar-refractivity contribution is 5.59. The van der Waals surface area contributed by atoms with E-state index in [2.05, 4.69) is 68.8 Å². The molecule has 6 nitrogen and oxygen atoms in total. The van der Waals surface area contributed by atoms with Crippen LogP contribution in [0.25, 0.3) is 0 Å². The first-order chi connectivity index (χ1) is 11.2. The summed E-state index contributed by atoms with van der Waals surface area (Å²) in [5.74, 6) is 1.25. The van der Waals surface area contributed by atoms with Gasteiger partial charge in [0.25, 0.3) is 0 Å². The van der Waals surface area contributed by atoms with Gasteiger partial charge in [0.1, 0.15) is 0 Å². The molecule has 2 heterocycles. The lowest BCUT2D eigenvalue weighted by Crippen LogP contribution is -2.17. The molecule has 0 bridgehead atoms. The normalized spacial score (nSPS) is 15.5. The fourth-order valence-electron chi connectivity index (χ4n) is 2.64. The van der Waals surface area contributed by atoms with Gasteiger partial charge in [0.2, 0.25) is 5.95 Å². The van der Waals surface area contributed by atoms with Gasteiger partial charge in [-0.1, -0.05) is 6.92 Å². The summed E-state index contributed by atoms with van der Waals surface area (Å²) in [5, 5.41) is 14.6. The van der Waals surface area contributed by atoms with Crippen LogP contribution in [0.4, 0.5) is 23.1 Å². The highest BCUT2D eigenvalue weighted by Crippen LogP contribution is 2.23. The molecule has 0 aliphatic carbocycles. The minimum atomic E-state index is 0.360. The lowest BCUT2D eigenvalue weighted by Gasteiger charge is -2.17. The zero-order valence-corrected chi connectivity index (χ0v) is 13.8. The Kier molecular flexibility index (Phi) is 4.90. The van der Waals surface area contributed by atoms with Crippen LogP contribution in [0.1, 0.15) is 33.1 Å². The maximum Gasteiger partial charge on any atom is 0.249 e. The molecule has 0 spiro atoms. The molecule has 1 aliphatic rings. The monoisotopic (exact) mass is 312 g/mol. The van der Waals surface area contributed by atoms with Crippen molar-refractivity contribution in [2.75, 3.05) is 28.6 Å². The van der Waals surface area contributed by atoms with Gasteiger partial charge in [-0.3, -0.25) is 0 Å². The minimum Gasteiger partial charge on any atom is -0.372 e. The molecule has 23 heavy (non-hydrogen) atoms. The van der Waals surface area contributed by atoms with Gasteiger partial charge in [0.15, 0.2) is 5.82 Å². The van der Waals surface area contributed by atoms with Crippen LogP contribution < -0.4 is 15.5 Å².